The average molecular weight is 454 g/mol. The van der Waals surface area contributed by atoms with Gasteiger partial charge in [0.25, 0.3) is 0 Å². The molecule has 0 spiro atoms. The second kappa shape index (κ2) is 10.5. The zero-order valence-electron chi connectivity index (χ0n) is 18.4. The van der Waals surface area contributed by atoms with Crippen LogP contribution in [0.1, 0.15) is 53.2 Å². The molecule has 2 fully saturated rings. The van der Waals surface area contributed by atoms with E-state index in [1.165, 1.54) is 35.5 Å². The van der Waals surface area contributed by atoms with E-state index in [1.807, 2.05) is 0 Å². The van der Waals surface area contributed by atoms with Crippen LogP contribution in [0, 0.1) is 17.8 Å². The Morgan fingerprint density at radius 3 is 2.84 bits per heavy atom. The van der Waals surface area contributed by atoms with Crippen LogP contribution in [0.2, 0.25) is 0 Å². The van der Waals surface area contributed by atoms with Gasteiger partial charge >= 0.3 is 11.8 Å². The molecule has 2 heterocycles. The van der Waals surface area contributed by atoms with E-state index >= 15 is 0 Å². The first kappa shape index (κ1) is 23.6. The van der Waals surface area contributed by atoms with Crippen molar-refractivity contribution in [3.63, 3.8) is 0 Å². The molecule has 0 bridgehead atoms. The van der Waals surface area contributed by atoms with Gasteiger partial charge in [0, 0.05) is 18.9 Å². The predicted octanol–water partition coefficient (Wildman–Crippen LogP) is 3.40. The zero-order chi connectivity index (χ0) is 22.5. The molecule has 1 aliphatic carbocycles. The van der Waals surface area contributed by atoms with Gasteiger partial charge < -0.3 is 19.5 Å². The van der Waals surface area contributed by atoms with E-state index in [1.54, 1.807) is 0 Å². The Bertz CT molecular complexity index is 845. The zero-order valence-corrected chi connectivity index (χ0v) is 19.2. The molecule has 31 heavy (non-hydrogen) atoms. The van der Waals surface area contributed by atoms with Gasteiger partial charge in [0.1, 0.15) is 30.2 Å². The first-order valence-corrected chi connectivity index (χ1v) is 11.7. The van der Waals surface area contributed by atoms with Crippen molar-refractivity contribution in [1.29, 1.82) is 0 Å². The number of anilines is 1. The Hall–Kier alpha value is -2.07. The lowest BCUT2D eigenvalue weighted by Crippen LogP contribution is -2.36. The molecule has 0 unspecified atom stereocenters. The van der Waals surface area contributed by atoms with Crippen molar-refractivity contribution in [2.45, 2.75) is 64.7 Å². The maximum Gasteiger partial charge on any atom is 0.508 e. The first-order valence-electron chi connectivity index (χ1n) is 10.7. The van der Waals surface area contributed by atoms with Crippen LogP contribution in [0.3, 0.4) is 0 Å². The molecule has 1 saturated heterocycles. The minimum absolute atomic E-state index is 0.0424. The Labute approximate surface area is 186 Å². The molecule has 2 aliphatic rings. The largest absolute Gasteiger partial charge is 0.508 e. The highest BCUT2D eigenvalue weighted by atomic mass is 32.2. The topological polar surface area (TPSA) is 109 Å². The van der Waals surface area contributed by atoms with Gasteiger partial charge in [0.15, 0.2) is 0 Å². The number of carbonyl (C=O) groups is 2. The van der Waals surface area contributed by atoms with E-state index in [9.17, 15) is 14.4 Å². The van der Waals surface area contributed by atoms with E-state index in [2.05, 4.69) is 31.1 Å². The lowest BCUT2D eigenvalue weighted by Gasteiger charge is -2.36. The number of rotatable bonds is 6. The van der Waals surface area contributed by atoms with E-state index in [0.29, 0.717) is 23.5 Å². The molecule has 3 rings (SSSR count). The number of amides is 1. The Kier molecular flexibility index (Phi) is 7.99. The SMILES string of the molecule is CC(=O)Nc1ccn([C@H]2CS[C@@H](COC(=O)O[C@H]3C[C@@H](C)CC[C@@H]3C(C)C)O2)c(=O)n1. The number of ether oxygens (including phenoxy) is 3. The maximum atomic E-state index is 12.3. The van der Waals surface area contributed by atoms with Crippen molar-refractivity contribution in [1.82, 2.24) is 9.55 Å². The summed E-state index contributed by atoms with van der Waals surface area (Å²) in [6.07, 6.45) is 3.29. The summed E-state index contributed by atoms with van der Waals surface area (Å²) in [5.74, 6) is 1.74. The quantitative estimate of drug-likeness (QED) is 0.653. The van der Waals surface area contributed by atoms with Crippen LogP contribution in [0.4, 0.5) is 10.6 Å². The van der Waals surface area contributed by atoms with Crippen LogP contribution in [-0.2, 0) is 19.0 Å². The van der Waals surface area contributed by atoms with Crippen LogP contribution in [-0.4, -0.2) is 45.5 Å². The molecule has 172 valence electrons. The summed E-state index contributed by atoms with van der Waals surface area (Å²) in [7, 11) is 0. The van der Waals surface area contributed by atoms with Crippen molar-refractivity contribution in [3.8, 4) is 0 Å². The molecule has 1 saturated carbocycles. The first-order chi connectivity index (χ1) is 14.7. The lowest BCUT2D eigenvalue weighted by molar-refractivity contribution is -0.114. The Balaban J connectivity index is 1.48. The number of nitrogens with one attached hydrogen (secondary N) is 1. The summed E-state index contributed by atoms with van der Waals surface area (Å²) in [4.78, 5) is 39.4. The van der Waals surface area contributed by atoms with Crippen LogP contribution < -0.4 is 11.0 Å². The van der Waals surface area contributed by atoms with Crippen LogP contribution in [0.5, 0.6) is 0 Å². The van der Waals surface area contributed by atoms with Crippen molar-refractivity contribution in [2.75, 3.05) is 17.7 Å². The van der Waals surface area contributed by atoms with E-state index in [-0.39, 0.29) is 24.4 Å². The highest BCUT2D eigenvalue weighted by molar-refractivity contribution is 8.00. The van der Waals surface area contributed by atoms with E-state index in [4.69, 9.17) is 14.2 Å². The van der Waals surface area contributed by atoms with Gasteiger partial charge in [-0.15, -0.1) is 11.8 Å². The third-order valence-electron chi connectivity index (χ3n) is 5.72. The standard InChI is InChI=1S/C21H31N3O6S/c1-12(2)15-6-5-13(3)9-16(15)29-21(27)28-10-19-30-18(11-31-19)24-8-7-17(22-14(4)25)23-20(24)26/h7-8,12-13,15-16,18-19H,5-6,9-11H2,1-4H3,(H,22,23,25,26)/t13-,15+,16-,18+,19-/m0/s1. The van der Waals surface area contributed by atoms with Gasteiger partial charge in [0.2, 0.25) is 5.91 Å². The van der Waals surface area contributed by atoms with Gasteiger partial charge in [-0.25, -0.2) is 9.59 Å². The number of nitrogens with zero attached hydrogens (tertiary/aromatic N) is 2. The highest BCUT2D eigenvalue weighted by Gasteiger charge is 2.34. The molecule has 1 N–H and O–H groups in total. The number of thioether (sulfide) groups is 1. The molecule has 1 aromatic heterocycles. The van der Waals surface area contributed by atoms with E-state index in [0.717, 1.165) is 19.3 Å². The number of carbonyl (C=O) groups excluding carboxylic acids is 2. The molecule has 1 aromatic rings. The molecule has 5 atom stereocenters. The molecule has 0 radical (unpaired) electrons. The van der Waals surface area contributed by atoms with Crippen LogP contribution in [0.25, 0.3) is 0 Å². The summed E-state index contributed by atoms with van der Waals surface area (Å²) >= 11 is 1.45. The molecular formula is C21H31N3O6S. The molecule has 1 amide bonds. The molecule has 1 aliphatic heterocycles. The molecule has 10 heteroatoms. The smallest absolute Gasteiger partial charge is 0.431 e. The number of hydrogen-bond acceptors (Lipinski definition) is 8. The molecule has 0 aromatic carbocycles. The highest BCUT2D eigenvalue weighted by Crippen LogP contribution is 2.36. The van der Waals surface area contributed by atoms with Crippen LogP contribution in [0.15, 0.2) is 17.1 Å². The van der Waals surface area contributed by atoms with Gasteiger partial charge in [0.05, 0.1) is 0 Å². The van der Waals surface area contributed by atoms with Crippen LogP contribution >= 0.6 is 11.8 Å². The minimum Gasteiger partial charge on any atom is -0.431 e. The second-order valence-corrected chi connectivity index (χ2v) is 9.77. The van der Waals surface area contributed by atoms with E-state index < -0.39 is 23.5 Å². The summed E-state index contributed by atoms with van der Waals surface area (Å²) < 4.78 is 18.1. The van der Waals surface area contributed by atoms with Crippen molar-refractivity contribution < 1.29 is 23.8 Å². The summed E-state index contributed by atoms with van der Waals surface area (Å²) in [6, 6.07) is 1.54. The summed E-state index contributed by atoms with van der Waals surface area (Å²) in [5.41, 5.74) is -0.922. The predicted molar refractivity (Wildman–Crippen MR) is 117 cm³/mol. The lowest BCUT2D eigenvalue weighted by atomic mass is 9.75. The fourth-order valence-electron chi connectivity index (χ4n) is 4.10. The van der Waals surface area contributed by atoms with Gasteiger partial charge in [-0.3, -0.25) is 9.36 Å². The third kappa shape index (κ3) is 6.46. The summed E-state index contributed by atoms with van der Waals surface area (Å²) in [6.45, 7) is 7.88. The molecule has 9 nitrogen and oxygen atoms in total. The van der Waals surface area contributed by atoms with Crippen molar-refractivity contribution in [2.24, 2.45) is 17.8 Å². The van der Waals surface area contributed by atoms with Gasteiger partial charge in [-0.05, 0) is 36.7 Å². The average Bonchev–Trinajstić information content (AvgIpc) is 3.14. The van der Waals surface area contributed by atoms with Crippen molar-refractivity contribution >= 4 is 29.6 Å². The summed E-state index contributed by atoms with van der Waals surface area (Å²) in [5, 5.41) is 2.47. The maximum absolute atomic E-state index is 12.3. The Morgan fingerprint density at radius 1 is 1.39 bits per heavy atom. The number of hydrogen-bond donors (Lipinski definition) is 1. The fourth-order valence-corrected chi connectivity index (χ4v) is 5.09. The monoisotopic (exact) mass is 453 g/mol. The third-order valence-corrected chi connectivity index (χ3v) is 6.82. The second-order valence-electron chi connectivity index (χ2n) is 8.58. The fraction of sp³-hybridized carbons (Fsp3) is 0.714. The Morgan fingerprint density at radius 2 is 2.16 bits per heavy atom. The minimum atomic E-state index is -0.670. The van der Waals surface area contributed by atoms with Crippen molar-refractivity contribution in [3.05, 3.63) is 22.7 Å². The number of aromatic nitrogens is 2. The van der Waals surface area contributed by atoms with Gasteiger partial charge in [-0.1, -0.05) is 27.2 Å². The normalized spacial score (nSPS) is 28.4. The molecular weight excluding hydrogens is 422 g/mol. The van der Waals surface area contributed by atoms with Gasteiger partial charge in [-0.2, -0.15) is 4.98 Å².